The van der Waals surface area contributed by atoms with Crippen LogP contribution in [0.15, 0.2) is 12.2 Å². The molecule has 2 N–H and O–H groups in total. The number of unbranched alkanes of at least 4 members (excludes halogenated alkanes) is 2. The SMILES string of the molecule is CCCCCC(O)C=CC1C(O)CC(=O)C1CC(=O)OCC. The number of aliphatic hydroxyl groups is 2. The molecule has 1 aliphatic rings. The predicted molar refractivity (Wildman–Crippen MR) is 83.1 cm³/mol. The molecule has 0 aromatic carbocycles. The zero-order valence-electron chi connectivity index (χ0n) is 13.5. The Morgan fingerprint density at radius 3 is 2.77 bits per heavy atom. The Morgan fingerprint density at radius 2 is 2.14 bits per heavy atom. The lowest BCUT2D eigenvalue weighted by Crippen LogP contribution is -2.23. The molecule has 0 radical (unpaired) electrons. The van der Waals surface area contributed by atoms with Crippen LogP contribution in [0.3, 0.4) is 0 Å². The molecule has 5 heteroatoms. The van der Waals surface area contributed by atoms with E-state index in [2.05, 4.69) is 6.92 Å². The van der Waals surface area contributed by atoms with Crippen LogP contribution in [0, 0.1) is 11.8 Å². The van der Waals surface area contributed by atoms with Gasteiger partial charge >= 0.3 is 5.97 Å². The van der Waals surface area contributed by atoms with E-state index in [0.29, 0.717) is 6.42 Å². The molecule has 1 saturated carbocycles. The van der Waals surface area contributed by atoms with Crippen LogP contribution < -0.4 is 0 Å². The highest BCUT2D eigenvalue weighted by molar-refractivity contribution is 5.88. The van der Waals surface area contributed by atoms with Gasteiger partial charge in [0.05, 0.1) is 25.2 Å². The van der Waals surface area contributed by atoms with Crippen molar-refractivity contribution in [1.82, 2.24) is 0 Å². The summed E-state index contributed by atoms with van der Waals surface area (Å²) in [5.74, 6) is -1.50. The summed E-state index contributed by atoms with van der Waals surface area (Å²) in [7, 11) is 0. The summed E-state index contributed by atoms with van der Waals surface area (Å²) >= 11 is 0. The van der Waals surface area contributed by atoms with E-state index in [9.17, 15) is 19.8 Å². The Kier molecular flexibility index (Phi) is 8.35. The summed E-state index contributed by atoms with van der Waals surface area (Å²) < 4.78 is 4.88. The number of Topliss-reactive ketones (excluding diaryl/α,β-unsaturated/α-hetero) is 1. The lowest BCUT2D eigenvalue weighted by molar-refractivity contribution is -0.146. The third-order valence-corrected chi connectivity index (χ3v) is 4.08. The molecule has 4 atom stereocenters. The fraction of sp³-hybridized carbons (Fsp3) is 0.765. The van der Waals surface area contributed by atoms with Gasteiger partial charge in [0, 0.05) is 18.3 Å². The third-order valence-electron chi connectivity index (χ3n) is 4.08. The second kappa shape index (κ2) is 9.74. The van der Waals surface area contributed by atoms with E-state index < -0.39 is 30.0 Å². The van der Waals surface area contributed by atoms with E-state index >= 15 is 0 Å². The molecule has 1 rings (SSSR count). The minimum atomic E-state index is -0.786. The van der Waals surface area contributed by atoms with Gasteiger partial charge in [0.25, 0.3) is 0 Å². The average Bonchev–Trinajstić information content (AvgIpc) is 2.71. The third kappa shape index (κ3) is 5.89. The van der Waals surface area contributed by atoms with Crippen LogP contribution in [-0.2, 0) is 14.3 Å². The molecule has 4 unspecified atom stereocenters. The molecule has 0 aliphatic heterocycles. The van der Waals surface area contributed by atoms with E-state index in [1.807, 2.05) is 0 Å². The largest absolute Gasteiger partial charge is 0.466 e. The summed E-state index contributed by atoms with van der Waals surface area (Å²) in [6.45, 7) is 4.09. The average molecular weight is 312 g/mol. The van der Waals surface area contributed by atoms with Crippen LogP contribution in [0.1, 0.15) is 52.4 Å². The van der Waals surface area contributed by atoms with Crippen molar-refractivity contribution in [3.8, 4) is 0 Å². The Labute approximate surface area is 132 Å². The van der Waals surface area contributed by atoms with Crippen LogP contribution >= 0.6 is 0 Å². The van der Waals surface area contributed by atoms with Gasteiger partial charge in [-0.1, -0.05) is 38.3 Å². The fourth-order valence-corrected chi connectivity index (χ4v) is 2.84. The number of carbonyl (C=O) groups excluding carboxylic acids is 2. The minimum absolute atomic E-state index is 0.00926. The number of aliphatic hydroxyl groups excluding tert-OH is 2. The quantitative estimate of drug-likeness (QED) is 0.386. The van der Waals surface area contributed by atoms with Gasteiger partial charge in [-0.15, -0.1) is 0 Å². The molecule has 0 spiro atoms. The van der Waals surface area contributed by atoms with Crippen LogP contribution in [0.5, 0.6) is 0 Å². The van der Waals surface area contributed by atoms with Crippen molar-refractivity contribution in [3.05, 3.63) is 12.2 Å². The highest BCUT2D eigenvalue weighted by Gasteiger charge is 2.41. The van der Waals surface area contributed by atoms with Crippen LogP contribution in [0.4, 0.5) is 0 Å². The lowest BCUT2D eigenvalue weighted by atomic mass is 9.90. The van der Waals surface area contributed by atoms with Crippen LogP contribution in [0.25, 0.3) is 0 Å². The zero-order chi connectivity index (χ0) is 16.5. The van der Waals surface area contributed by atoms with Crippen molar-refractivity contribution in [2.24, 2.45) is 11.8 Å². The number of hydrogen-bond donors (Lipinski definition) is 2. The molecule has 0 saturated heterocycles. The molecule has 0 bridgehead atoms. The number of ether oxygens (including phenoxy) is 1. The molecular weight excluding hydrogens is 284 g/mol. The Bertz CT molecular complexity index is 391. The van der Waals surface area contributed by atoms with Crippen LogP contribution in [-0.4, -0.2) is 40.8 Å². The molecule has 0 heterocycles. The highest BCUT2D eigenvalue weighted by atomic mass is 16.5. The first-order valence-corrected chi connectivity index (χ1v) is 8.22. The Balaban J connectivity index is 2.60. The summed E-state index contributed by atoms with van der Waals surface area (Å²) in [4.78, 5) is 23.5. The van der Waals surface area contributed by atoms with Crippen molar-refractivity contribution in [1.29, 1.82) is 0 Å². The van der Waals surface area contributed by atoms with Gasteiger partial charge < -0.3 is 14.9 Å². The first kappa shape index (κ1) is 18.8. The normalized spacial score (nSPS) is 26.5. The minimum Gasteiger partial charge on any atom is -0.466 e. The molecular formula is C17H28O5. The lowest BCUT2D eigenvalue weighted by Gasteiger charge is -2.17. The topological polar surface area (TPSA) is 83.8 Å². The van der Waals surface area contributed by atoms with Gasteiger partial charge in [0.2, 0.25) is 0 Å². The standard InChI is InChI=1S/C17H28O5/c1-3-5-6-7-12(18)8-9-13-14(10-17(21)22-4-2)16(20)11-15(13)19/h8-9,12-15,18-19H,3-7,10-11H2,1-2H3. The van der Waals surface area contributed by atoms with Gasteiger partial charge in [-0.2, -0.15) is 0 Å². The van der Waals surface area contributed by atoms with Gasteiger partial charge in [-0.05, 0) is 13.3 Å². The number of hydrogen-bond acceptors (Lipinski definition) is 5. The predicted octanol–water partition coefficient (Wildman–Crippen LogP) is 2.00. The number of ketones is 1. The maximum atomic E-state index is 11.9. The van der Waals surface area contributed by atoms with Crippen molar-refractivity contribution in [2.75, 3.05) is 6.61 Å². The Morgan fingerprint density at radius 1 is 1.41 bits per heavy atom. The first-order valence-electron chi connectivity index (χ1n) is 8.22. The summed E-state index contributed by atoms with van der Waals surface area (Å²) in [6.07, 6.45) is 5.80. The maximum absolute atomic E-state index is 11.9. The number of rotatable bonds is 9. The zero-order valence-corrected chi connectivity index (χ0v) is 13.5. The molecule has 5 nitrogen and oxygen atoms in total. The summed E-state index contributed by atoms with van der Waals surface area (Å²) in [5, 5.41) is 19.9. The van der Waals surface area contributed by atoms with Crippen molar-refractivity contribution in [2.45, 2.75) is 64.6 Å². The maximum Gasteiger partial charge on any atom is 0.306 e. The van der Waals surface area contributed by atoms with E-state index in [0.717, 1.165) is 19.3 Å². The van der Waals surface area contributed by atoms with Gasteiger partial charge in [-0.3, -0.25) is 9.59 Å². The van der Waals surface area contributed by atoms with Crippen molar-refractivity contribution < 1.29 is 24.5 Å². The van der Waals surface area contributed by atoms with Gasteiger partial charge in [-0.25, -0.2) is 0 Å². The van der Waals surface area contributed by atoms with E-state index in [1.165, 1.54) is 0 Å². The summed E-state index contributed by atoms with van der Waals surface area (Å²) in [6, 6.07) is 0. The van der Waals surface area contributed by atoms with E-state index in [-0.39, 0.29) is 25.2 Å². The van der Waals surface area contributed by atoms with E-state index in [4.69, 9.17) is 4.74 Å². The molecule has 126 valence electrons. The first-order chi connectivity index (χ1) is 10.5. The second-order valence-corrected chi connectivity index (χ2v) is 5.88. The number of esters is 1. The van der Waals surface area contributed by atoms with Crippen molar-refractivity contribution in [3.63, 3.8) is 0 Å². The molecule has 0 aromatic heterocycles. The summed E-state index contributed by atoms with van der Waals surface area (Å²) in [5.41, 5.74) is 0. The molecule has 1 fully saturated rings. The number of carbonyl (C=O) groups is 2. The molecule has 0 aromatic rings. The smallest absolute Gasteiger partial charge is 0.306 e. The fourth-order valence-electron chi connectivity index (χ4n) is 2.84. The van der Waals surface area contributed by atoms with Crippen LogP contribution in [0.2, 0.25) is 0 Å². The molecule has 0 amide bonds. The second-order valence-electron chi connectivity index (χ2n) is 5.88. The van der Waals surface area contributed by atoms with E-state index in [1.54, 1.807) is 19.1 Å². The Hall–Kier alpha value is -1.20. The molecule has 1 aliphatic carbocycles. The van der Waals surface area contributed by atoms with Crippen molar-refractivity contribution >= 4 is 11.8 Å². The van der Waals surface area contributed by atoms with Gasteiger partial charge in [0.15, 0.2) is 0 Å². The monoisotopic (exact) mass is 312 g/mol. The molecule has 22 heavy (non-hydrogen) atoms. The van der Waals surface area contributed by atoms with Gasteiger partial charge in [0.1, 0.15) is 5.78 Å². The highest BCUT2D eigenvalue weighted by Crippen LogP contribution is 2.33.